The number of carbonyl (C=O) groups excluding carboxylic acids is 1. The molecule has 1 aliphatic heterocycles. The van der Waals surface area contributed by atoms with Crippen LogP contribution >= 0.6 is 11.8 Å². The Labute approximate surface area is 94.2 Å². The van der Waals surface area contributed by atoms with E-state index in [-0.39, 0.29) is 11.1 Å². The minimum absolute atomic E-state index is 0.133. The minimum Gasteiger partial charge on any atom is -0.377 e. The Bertz CT molecular complexity index is 236. The summed E-state index contributed by atoms with van der Waals surface area (Å²) in [5, 5.41) is 3.57. The molecule has 0 radical (unpaired) electrons. The van der Waals surface area contributed by atoms with Gasteiger partial charge in [0.25, 0.3) is 0 Å². The van der Waals surface area contributed by atoms with E-state index in [2.05, 4.69) is 5.10 Å². The number of amidine groups is 1. The highest BCUT2D eigenvalue weighted by Crippen LogP contribution is 2.11. The summed E-state index contributed by atoms with van der Waals surface area (Å²) in [6, 6.07) is 0. The molecule has 1 fully saturated rings. The Hall–Kier alpha value is -0.910. The van der Waals surface area contributed by atoms with Gasteiger partial charge in [-0.15, -0.1) is 0 Å². The van der Waals surface area contributed by atoms with Crippen molar-refractivity contribution in [1.82, 2.24) is 4.90 Å². The molecular formula is C9H18N4OS. The minimum atomic E-state index is 0.133. The van der Waals surface area contributed by atoms with Crippen molar-refractivity contribution < 1.29 is 4.79 Å². The Morgan fingerprint density at radius 3 is 2.40 bits per heavy atom. The van der Waals surface area contributed by atoms with Crippen LogP contribution < -0.4 is 11.6 Å². The van der Waals surface area contributed by atoms with E-state index >= 15 is 0 Å². The summed E-state index contributed by atoms with van der Waals surface area (Å²) < 4.78 is 0. The maximum Gasteiger partial charge on any atom is 0.233 e. The zero-order valence-corrected chi connectivity index (χ0v) is 9.63. The molecule has 4 N–H and O–H groups in total. The van der Waals surface area contributed by atoms with E-state index in [0.29, 0.717) is 5.75 Å². The average Bonchev–Trinajstić information content (AvgIpc) is 2.53. The predicted molar refractivity (Wildman–Crippen MR) is 63.3 cm³/mol. The lowest BCUT2D eigenvalue weighted by molar-refractivity contribution is -0.128. The molecule has 1 aliphatic rings. The molecule has 0 atom stereocenters. The fourth-order valence-electron chi connectivity index (χ4n) is 1.58. The molecule has 0 bridgehead atoms. The van der Waals surface area contributed by atoms with E-state index in [4.69, 9.17) is 11.6 Å². The standard InChI is InChI=1S/C9H18N4OS/c10-9(12-11)15-7-8(14)13-5-3-1-2-4-6-13/h1-7,11H2,(H2,10,12). The van der Waals surface area contributed by atoms with Gasteiger partial charge in [0.15, 0.2) is 5.17 Å². The third kappa shape index (κ3) is 4.42. The monoisotopic (exact) mass is 230 g/mol. The molecule has 1 saturated heterocycles. The van der Waals surface area contributed by atoms with Crippen LogP contribution in [0, 0.1) is 0 Å². The number of hydrogen-bond donors (Lipinski definition) is 2. The van der Waals surface area contributed by atoms with E-state index in [9.17, 15) is 4.79 Å². The van der Waals surface area contributed by atoms with Gasteiger partial charge in [-0.2, -0.15) is 5.10 Å². The maximum atomic E-state index is 11.7. The summed E-state index contributed by atoms with van der Waals surface area (Å²) in [6.07, 6.45) is 4.67. The largest absolute Gasteiger partial charge is 0.377 e. The van der Waals surface area contributed by atoms with Crippen molar-refractivity contribution in [2.75, 3.05) is 18.8 Å². The molecule has 0 spiro atoms. The zero-order valence-electron chi connectivity index (χ0n) is 8.82. The van der Waals surface area contributed by atoms with E-state index < -0.39 is 0 Å². The summed E-state index contributed by atoms with van der Waals surface area (Å²) in [5.41, 5.74) is 5.40. The van der Waals surface area contributed by atoms with Gasteiger partial charge in [-0.05, 0) is 12.8 Å². The lowest BCUT2D eigenvalue weighted by Crippen LogP contribution is -2.33. The fourth-order valence-corrected chi connectivity index (χ4v) is 2.11. The summed E-state index contributed by atoms with van der Waals surface area (Å²) in [6.45, 7) is 1.75. The van der Waals surface area contributed by atoms with Crippen molar-refractivity contribution in [2.45, 2.75) is 25.7 Å². The van der Waals surface area contributed by atoms with Crippen LogP contribution in [0.15, 0.2) is 5.10 Å². The predicted octanol–water partition coefficient (Wildman–Crippen LogP) is 0.311. The number of carbonyl (C=O) groups is 1. The van der Waals surface area contributed by atoms with Gasteiger partial charge in [0.2, 0.25) is 5.91 Å². The van der Waals surface area contributed by atoms with Gasteiger partial charge in [0.1, 0.15) is 0 Å². The quantitative estimate of drug-likeness (QED) is 0.309. The molecule has 5 nitrogen and oxygen atoms in total. The van der Waals surface area contributed by atoms with Gasteiger partial charge in [0.05, 0.1) is 5.75 Å². The van der Waals surface area contributed by atoms with Gasteiger partial charge in [-0.1, -0.05) is 24.6 Å². The average molecular weight is 230 g/mol. The van der Waals surface area contributed by atoms with Gasteiger partial charge < -0.3 is 16.5 Å². The molecule has 15 heavy (non-hydrogen) atoms. The van der Waals surface area contributed by atoms with Crippen molar-refractivity contribution in [3.05, 3.63) is 0 Å². The zero-order chi connectivity index (χ0) is 11.1. The number of likely N-dealkylation sites (tertiary alicyclic amines) is 1. The lowest BCUT2D eigenvalue weighted by atomic mass is 10.2. The third-order valence-electron chi connectivity index (χ3n) is 2.43. The van der Waals surface area contributed by atoms with Gasteiger partial charge >= 0.3 is 0 Å². The van der Waals surface area contributed by atoms with Gasteiger partial charge in [0, 0.05) is 13.1 Å². The molecule has 0 aromatic carbocycles. The fraction of sp³-hybridized carbons (Fsp3) is 0.778. The number of thioether (sulfide) groups is 1. The maximum absolute atomic E-state index is 11.7. The van der Waals surface area contributed by atoms with E-state index in [1.807, 2.05) is 4.90 Å². The first-order valence-corrected chi connectivity index (χ1v) is 6.16. The van der Waals surface area contributed by atoms with Crippen LogP contribution in [-0.4, -0.2) is 34.8 Å². The van der Waals surface area contributed by atoms with E-state index in [1.165, 1.54) is 24.6 Å². The summed E-state index contributed by atoms with van der Waals surface area (Å²) in [5.74, 6) is 5.45. The number of nitrogens with zero attached hydrogens (tertiary/aromatic N) is 2. The second kappa shape index (κ2) is 6.55. The molecular weight excluding hydrogens is 212 g/mol. The molecule has 86 valence electrons. The smallest absolute Gasteiger partial charge is 0.233 e. The SMILES string of the molecule is NN=C(N)SCC(=O)N1CCCCCC1. The van der Waals surface area contributed by atoms with Crippen LogP contribution in [0.25, 0.3) is 0 Å². The number of rotatable bonds is 2. The second-order valence-electron chi connectivity index (χ2n) is 3.55. The van der Waals surface area contributed by atoms with Crippen molar-refractivity contribution in [1.29, 1.82) is 0 Å². The van der Waals surface area contributed by atoms with Gasteiger partial charge in [-0.25, -0.2) is 0 Å². The van der Waals surface area contributed by atoms with Crippen LogP contribution in [-0.2, 0) is 4.79 Å². The lowest BCUT2D eigenvalue weighted by Gasteiger charge is -2.19. The third-order valence-corrected chi connectivity index (χ3v) is 3.22. The van der Waals surface area contributed by atoms with Crippen molar-refractivity contribution >= 4 is 22.8 Å². The number of hydrazone groups is 1. The Morgan fingerprint density at radius 2 is 1.87 bits per heavy atom. The van der Waals surface area contributed by atoms with Crippen LogP contribution in [0.3, 0.4) is 0 Å². The van der Waals surface area contributed by atoms with Crippen LogP contribution in [0.5, 0.6) is 0 Å². The van der Waals surface area contributed by atoms with Crippen LogP contribution in [0.2, 0.25) is 0 Å². The van der Waals surface area contributed by atoms with E-state index in [1.54, 1.807) is 0 Å². The molecule has 1 rings (SSSR count). The molecule has 1 amide bonds. The number of amides is 1. The highest BCUT2D eigenvalue weighted by atomic mass is 32.2. The Balaban J connectivity index is 2.31. The van der Waals surface area contributed by atoms with Crippen molar-refractivity contribution in [3.63, 3.8) is 0 Å². The summed E-state index contributed by atoms with van der Waals surface area (Å²) in [4.78, 5) is 13.6. The Kier molecular flexibility index (Phi) is 5.31. The van der Waals surface area contributed by atoms with Crippen molar-refractivity contribution in [3.8, 4) is 0 Å². The van der Waals surface area contributed by atoms with Crippen LogP contribution in [0.1, 0.15) is 25.7 Å². The molecule has 0 aromatic heterocycles. The summed E-state index contributed by atoms with van der Waals surface area (Å²) >= 11 is 1.20. The number of hydrogen-bond acceptors (Lipinski definition) is 4. The van der Waals surface area contributed by atoms with Crippen molar-refractivity contribution in [2.24, 2.45) is 16.7 Å². The molecule has 0 aliphatic carbocycles. The first-order valence-electron chi connectivity index (χ1n) is 5.18. The second-order valence-corrected chi connectivity index (χ2v) is 4.55. The first-order chi connectivity index (χ1) is 7.24. The normalized spacial score (nSPS) is 18.7. The molecule has 1 heterocycles. The first kappa shape index (κ1) is 12.2. The topological polar surface area (TPSA) is 84.7 Å². The molecule has 0 unspecified atom stereocenters. The molecule has 0 saturated carbocycles. The Morgan fingerprint density at radius 1 is 1.27 bits per heavy atom. The van der Waals surface area contributed by atoms with E-state index in [0.717, 1.165) is 25.9 Å². The molecule has 6 heteroatoms. The highest BCUT2D eigenvalue weighted by molar-refractivity contribution is 8.14. The van der Waals surface area contributed by atoms with Crippen LogP contribution in [0.4, 0.5) is 0 Å². The summed E-state index contributed by atoms with van der Waals surface area (Å²) in [7, 11) is 0. The highest BCUT2D eigenvalue weighted by Gasteiger charge is 2.15. The number of nitrogens with two attached hydrogens (primary N) is 2. The molecule has 0 aromatic rings. The van der Waals surface area contributed by atoms with Gasteiger partial charge in [-0.3, -0.25) is 4.79 Å².